The van der Waals surface area contributed by atoms with Crippen molar-refractivity contribution in [3.63, 3.8) is 0 Å². The first-order valence-electron chi connectivity index (χ1n) is 4.39. The van der Waals surface area contributed by atoms with Crippen molar-refractivity contribution in [2.24, 2.45) is 0 Å². The van der Waals surface area contributed by atoms with Crippen LogP contribution in [0.5, 0.6) is 0 Å². The van der Waals surface area contributed by atoms with Crippen molar-refractivity contribution >= 4 is 5.97 Å². The van der Waals surface area contributed by atoms with Crippen LogP contribution in [0.4, 0.5) is 39.5 Å². The van der Waals surface area contributed by atoms with Gasteiger partial charge in [0.25, 0.3) is 0 Å². The van der Waals surface area contributed by atoms with Gasteiger partial charge < -0.3 is 9.84 Å². The number of hydrogen-bond acceptors (Lipinski definition) is 2. The largest absolute Gasteiger partial charge is 0.482 e. The third-order valence-electron chi connectivity index (χ3n) is 1.69. The average molecular weight is 320 g/mol. The zero-order valence-electron chi connectivity index (χ0n) is 9.03. The highest BCUT2D eigenvalue weighted by Gasteiger charge is 2.63. The molecule has 0 amide bonds. The Labute approximate surface area is 104 Å². The highest BCUT2D eigenvalue weighted by molar-refractivity contribution is 5.79. The lowest BCUT2D eigenvalue weighted by molar-refractivity contribution is -0.404. The van der Waals surface area contributed by atoms with Gasteiger partial charge in [0.1, 0.15) is 6.61 Å². The van der Waals surface area contributed by atoms with Crippen molar-refractivity contribution in [2.75, 3.05) is 6.61 Å². The molecule has 0 saturated heterocycles. The maximum Gasteiger partial charge on any atom is 0.482 e. The van der Waals surface area contributed by atoms with Gasteiger partial charge in [0.05, 0.1) is 0 Å². The molecule has 0 aliphatic rings. The number of allylic oxidation sites excluding steroid dienone is 1. The third-order valence-corrected chi connectivity index (χ3v) is 1.69. The molecule has 0 spiro atoms. The van der Waals surface area contributed by atoms with Crippen LogP contribution in [0, 0.1) is 0 Å². The van der Waals surface area contributed by atoms with E-state index in [1.807, 2.05) is 0 Å². The summed E-state index contributed by atoms with van der Waals surface area (Å²) in [5.41, 5.74) is 0. The fourth-order valence-electron chi connectivity index (χ4n) is 0.657. The lowest BCUT2D eigenvalue weighted by Gasteiger charge is -2.26. The van der Waals surface area contributed by atoms with Crippen LogP contribution < -0.4 is 0 Å². The molecular weight excluding hydrogens is 315 g/mol. The molecule has 0 saturated carbocycles. The Morgan fingerprint density at radius 3 is 1.80 bits per heavy atom. The van der Waals surface area contributed by atoms with Crippen LogP contribution in [0.15, 0.2) is 12.2 Å². The smallest absolute Gasteiger partial charge is 0.478 e. The standard InChI is InChI=1S/C8H5F9O3/c9-5(10,2-1-4(18)19)6(11,12)3-20-8(16,17)7(13,14)15/h1-2H,3H2,(H,18,19). The summed E-state index contributed by atoms with van der Waals surface area (Å²) in [5, 5.41) is 7.94. The molecule has 0 fully saturated rings. The van der Waals surface area contributed by atoms with Crippen LogP contribution in [0.3, 0.4) is 0 Å². The van der Waals surface area contributed by atoms with Crippen molar-refractivity contribution in [1.29, 1.82) is 0 Å². The molecule has 1 N–H and O–H groups in total. The SMILES string of the molecule is O=C(O)C=CC(F)(F)C(F)(F)COC(F)(F)C(F)(F)F. The first-order chi connectivity index (χ1) is 8.62. The van der Waals surface area contributed by atoms with E-state index in [0.717, 1.165) is 0 Å². The monoisotopic (exact) mass is 320 g/mol. The van der Waals surface area contributed by atoms with Crippen LogP contribution in [-0.4, -0.2) is 41.8 Å². The number of ether oxygens (including phenoxy) is 1. The van der Waals surface area contributed by atoms with E-state index in [4.69, 9.17) is 5.11 Å². The highest BCUT2D eigenvalue weighted by atomic mass is 19.4. The molecule has 0 aromatic rings. The van der Waals surface area contributed by atoms with E-state index in [0.29, 0.717) is 0 Å². The van der Waals surface area contributed by atoms with E-state index in [-0.39, 0.29) is 0 Å². The summed E-state index contributed by atoms with van der Waals surface area (Å²) in [6.07, 6.45) is -13.7. The third kappa shape index (κ3) is 4.58. The van der Waals surface area contributed by atoms with Crippen molar-refractivity contribution in [2.45, 2.75) is 24.1 Å². The lowest BCUT2D eigenvalue weighted by Crippen LogP contribution is -2.48. The molecule has 0 bridgehead atoms. The van der Waals surface area contributed by atoms with E-state index in [1.165, 1.54) is 0 Å². The normalized spacial score (nSPS) is 14.8. The van der Waals surface area contributed by atoms with E-state index in [9.17, 15) is 44.3 Å². The molecule has 20 heavy (non-hydrogen) atoms. The zero-order chi connectivity index (χ0) is 16.4. The molecule has 0 heterocycles. The van der Waals surface area contributed by atoms with Crippen molar-refractivity contribution in [1.82, 2.24) is 0 Å². The van der Waals surface area contributed by atoms with Gasteiger partial charge in [-0.2, -0.15) is 39.5 Å². The quantitative estimate of drug-likeness (QED) is 0.604. The summed E-state index contributed by atoms with van der Waals surface area (Å²) in [4.78, 5) is 9.86. The van der Waals surface area contributed by atoms with Crippen LogP contribution in [-0.2, 0) is 9.53 Å². The lowest BCUT2D eigenvalue weighted by atomic mass is 10.1. The Morgan fingerprint density at radius 1 is 1.00 bits per heavy atom. The highest BCUT2D eigenvalue weighted by Crippen LogP contribution is 2.41. The predicted octanol–water partition coefficient (Wildman–Crippen LogP) is 3.07. The Balaban J connectivity index is 4.96. The first kappa shape index (κ1) is 18.5. The summed E-state index contributed by atoms with van der Waals surface area (Å²) in [6, 6.07) is 0. The van der Waals surface area contributed by atoms with Crippen molar-refractivity contribution in [3.05, 3.63) is 12.2 Å². The number of halogens is 9. The van der Waals surface area contributed by atoms with Crippen LogP contribution in [0.1, 0.15) is 0 Å². The van der Waals surface area contributed by atoms with Crippen molar-refractivity contribution < 1.29 is 54.2 Å². The van der Waals surface area contributed by atoms with Gasteiger partial charge in [0.15, 0.2) is 0 Å². The van der Waals surface area contributed by atoms with E-state index in [1.54, 1.807) is 0 Å². The van der Waals surface area contributed by atoms with Crippen LogP contribution in [0.25, 0.3) is 0 Å². The number of hydrogen-bond donors (Lipinski definition) is 1. The minimum absolute atomic E-state index is 0.421. The molecule has 0 radical (unpaired) electrons. The van der Waals surface area contributed by atoms with E-state index < -0.39 is 48.9 Å². The molecule has 0 aromatic carbocycles. The second-order valence-corrected chi connectivity index (χ2v) is 3.30. The van der Waals surface area contributed by atoms with Gasteiger partial charge >= 0.3 is 30.1 Å². The minimum atomic E-state index is -6.37. The number of carboxylic acid groups (broad SMARTS) is 1. The molecule has 0 rings (SSSR count). The van der Waals surface area contributed by atoms with E-state index in [2.05, 4.69) is 4.74 Å². The van der Waals surface area contributed by atoms with Crippen LogP contribution in [0.2, 0.25) is 0 Å². The van der Waals surface area contributed by atoms with Gasteiger partial charge in [-0.15, -0.1) is 0 Å². The number of aliphatic carboxylic acids is 1. The van der Waals surface area contributed by atoms with Gasteiger partial charge in [-0.1, -0.05) is 0 Å². The predicted molar refractivity (Wildman–Crippen MR) is 43.6 cm³/mol. The second kappa shape index (κ2) is 5.50. The number of rotatable bonds is 6. The summed E-state index contributed by atoms with van der Waals surface area (Å²) >= 11 is 0. The molecule has 0 aliphatic carbocycles. The van der Waals surface area contributed by atoms with Gasteiger partial charge in [-0.25, -0.2) is 4.79 Å². The number of carboxylic acids is 1. The number of alkyl halides is 9. The number of carbonyl (C=O) groups is 1. The van der Waals surface area contributed by atoms with Gasteiger partial charge in [0.2, 0.25) is 0 Å². The first-order valence-corrected chi connectivity index (χ1v) is 4.39. The molecule has 3 nitrogen and oxygen atoms in total. The summed E-state index contributed by atoms with van der Waals surface area (Å²) in [7, 11) is 0. The Morgan fingerprint density at radius 2 is 1.45 bits per heavy atom. The van der Waals surface area contributed by atoms with E-state index >= 15 is 0 Å². The second-order valence-electron chi connectivity index (χ2n) is 3.30. The zero-order valence-corrected chi connectivity index (χ0v) is 9.03. The fraction of sp³-hybridized carbons (Fsp3) is 0.625. The molecule has 0 unspecified atom stereocenters. The molecule has 0 aromatic heterocycles. The van der Waals surface area contributed by atoms with Crippen LogP contribution >= 0.6 is 0 Å². The van der Waals surface area contributed by atoms with Crippen molar-refractivity contribution in [3.8, 4) is 0 Å². The molecule has 12 heteroatoms. The minimum Gasteiger partial charge on any atom is -0.478 e. The summed E-state index contributed by atoms with van der Waals surface area (Å²) in [6.45, 7) is -2.98. The molecule has 0 atom stereocenters. The summed E-state index contributed by atoms with van der Waals surface area (Å²) in [5.74, 6) is -12.8. The summed E-state index contributed by atoms with van der Waals surface area (Å²) < 4.78 is 112. The topological polar surface area (TPSA) is 46.5 Å². The maximum atomic E-state index is 12.8. The Hall–Kier alpha value is -1.46. The maximum absolute atomic E-state index is 12.8. The average Bonchev–Trinajstić information content (AvgIpc) is 2.22. The molecule has 118 valence electrons. The Kier molecular flexibility index (Phi) is 5.10. The molecule has 0 aliphatic heterocycles. The molecular formula is C8H5F9O3. The van der Waals surface area contributed by atoms with Gasteiger partial charge in [0, 0.05) is 6.08 Å². The van der Waals surface area contributed by atoms with Gasteiger partial charge in [-0.05, 0) is 6.08 Å². The Bertz CT molecular complexity index is 385. The van der Waals surface area contributed by atoms with Gasteiger partial charge in [-0.3, -0.25) is 0 Å². The fourth-order valence-corrected chi connectivity index (χ4v) is 0.657.